The van der Waals surface area contributed by atoms with Gasteiger partial charge < -0.3 is 15.1 Å². The smallest absolute Gasteiger partial charge is 0.243 e. The van der Waals surface area contributed by atoms with Crippen molar-refractivity contribution < 1.29 is 18.1 Å². The Kier molecular flexibility index (Phi) is 7.19. The number of carbonyl (C=O) groups is 1. The van der Waals surface area contributed by atoms with E-state index >= 15 is 0 Å². The first-order valence-corrected chi connectivity index (χ1v) is 12.4. The van der Waals surface area contributed by atoms with Gasteiger partial charge in [0, 0.05) is 19.0 Å². The van der Waals surface area contributed by atoms with E-state index in [0.29, 0.717) is 18.8 Å². The molecule has 0 aromatic heterocycles. The van der Waals surface area contributed by atoms with Crippen LogP contribution in [0.5, 0.6) is 0 Å². The first-order chi connectivity index (χ1) is 13.9. The summed E-state index contributed by atoms with van der Waals surface area (Å²) in [5.41, 5.74) is 1.54. The van der Waals surface area contributed by atoms with Gasteiger partial charge in [0.05, 0.1) is 49.0 Å². The quantitative estimate of drug-likeness (QED) is 0.659. The number of quaternary nitrogens is 1. The molecule has 0 atom stereocenters. The van der Waals surface area contributed by atoms with Gasteiger partial charge in [0.25, 0.3) is 0 Å². The Bertz CT molecular complexity index is 811. The Morgan fingerprint density at radius 1 is 1.17 bits per heavy atom. The highest BCUT2D eigenvalue weighted by Gasteiger charge is 2.29. The number of anilines is 2. The molecule has 2 fully saturated rings. The van der Waals surface area contributed by atoms with Gasteiger partial charge in [-0.1, -0.05) is 20.3 Å². The highest BCUT2D eigenvalue weighted by Crippen LogP contribution is 2.33. The number of amides is 1. The van der Waals surface area contributed by atoms with Crippen LogP contribution < -0.4 is 15.1 Å². The zero-order valence-electron chi connectivity index (χ0n) is 17.9. The number of likely N-dealkylation sites (N-methyl/N-ethyl adjacent to an activating group) is 1. The summed E-state index contributed by atoms with van der Waals surface area (Å²) >= 11 is 0. The third kappa shape index (κ3) is 4.75. The summed E-state index contributed by atoms with van der Waals surface area (Å²) in [6.07, 6.45) is 2.91. The summed E-state index contributed by atoms with van der Waals surface area (Å²) in [5, 5.41) is 3.05. The van der Waals surface area contributed by atoms with E-state index in [4.69, 9.17) is 0 Å². The average molecular weight is 424 g/mol. The maximum absolute atomic E-state index is 13.0. The van der Waals surface area contributed by atoms with E-state index in [1.807, 2.05) is 19.9 Å². The number of piperazine rings is 1. The molecule has 3 rings (SSSR count). The molecule has 1 aromatic carbocycles. The molecule has 1 aliphatic carbocycles. The van der Waals surface area contributed by atoms with Gasteiger partial charge in [0.2, 0.25) is 15.9 Å². The van der Waals surface area contributed by atoms with Crippen molar-refractivity contribution in [1.82, 2.24) is 4.31 Å². The predicted molar refractivity (Wildman–Crippen MR) is 116 cm³/mol. The lowest BCUT2D eigenvalue weighted by Gasteiger charge is -2.35. The fourth-order valence-corrected chi connectivity index (χ4v) is 5.57. The van der Waals surface area contributed by atoms with Crippen LogP contribution in [0.2, 0.25) is 0 Å². The monoisotopic (exact) mass is 423 g/mol. The SMILES string of the molecule is CCN(CC)S(=O)(=O)c1ccc(N2CC[NH+](CC)CC2)c(NC(=O)C2CCC2)c1. The average Bonchev–Trinajstić information content (AvgIpc) is 2.67. The Labute approximate surface area is 175 Å². The number of nitrogens with one attached hydrogen (secondary N) is 2. The van der Waals surface area contributed by atoms with E-state index in [-0.39, 0.29) is 16.7 Å². The normalized spacial score (nSPS) is 18.7. The fraction of sp³-hybridized carbons (Fsp3) is 0.667. The van der Waals surface area contributed by atoms with Gasteiger partial charge in [-0.3, -0.25) is 4.79 Å². The van der Waals surface area contributed by atoms with Crippen molar-refractivity contribution in [2.45, 2.75) is 44.9 Å². The zero-order chi connectivity index (χ0) is 21.0. The second kappa shape index (κ2) is 9.45. The molecule has 2 N–H and O–H groups in total. The molecule has 1 saturated carbocycles. The maximum Gasteiger partial charge on any atom is 0.243 e. The van der Waals surface area contributed by atoms with Crippen LogP contribution in [-0.4, -0.2) is 64.4 Å². The van der Waals surface area contributed by atoms with Crippen molar-refractivity contribution in [2.24, 2.45) is 5.92 Å². The van der Waals surface area contributed by atoms with Crippen molar-refractivity contribution in [2.75, 3.05) is 56.0 Å². The first-order valence-electron chi connectivity index (χ1n) is 10.9. The van der Waals surface area contributed by atoms with E-state index in [1.54, 1.807) is 17.0 Å². The Morgan fingerprint density at radius 2 is 1.83 bits per heavy atom. The van der Waals surface area contributed by atoms with Crippen LogP contribution in [0.3, 0.4) is 0 Å². The van der Waals surface area contributed by atoms with E-state index < -0.39 is 10.0 Å². The molecular weight excluding hydrogens is 388 g/mol. The lowest BCUT2D eigenvalue weighted by molar-refractivity contribution is -0.898. The van der Waals surface area contributed by atoms with Crippen LogP contribution in [0.15, 0.2) is 23.1 Å². The number of sulfonamides is 1. The molecule has 7 nitrogen and oxygen atoms in total. The Hall–Kier alpha value is -1.64. The second-order valence-corrected chi connectivity index (χ2v) is 9.91. The molecule has 162 valence electrons. The van der Waals surface area contributed by atoms with Crippen LogP contribution in [0.4, 0.5) is 11.4 Å². The summed E-state index contributed by atoms with van der Waals surface area (Å²) in [4.78, 5) is 16.7. The zero-order valence-corrected chi connectivity index (χ0v) is 18.7. The molecule has 1 aromatic rings. The minimum absolute atomic E-state index is 0.00714. The molecule has 1 aliphatic heterocycles. The van der Waals surface area contributed by atoms with E-state index in [2.05, 4.69) is 17.1 Å². The molecule has 0 unspecified atom stereocenters. The number of carbonyl (C=O) groups excluding carboxylic acids is 1. The summed E-state index contributed by atoms with van der Waals surface area (Å²) in [6.45, 7) is 11.7. The van der Waals surface area contributed by atoms with Crippen molar-refractivity contribution in [3.63, 3.8) is 0 Å². The number of hydrogen-bond donors (Lipinski definition) is 2. The summed E-state index contributed by atoms with van der Waals surface area (Å²) in [7, 11) is -3.57. The van der Waals surface area contributed by atoms with E-state index in [0.717, 1.165) is 57.7 Å². The van der Waals surface area contributed by atoms with Crippen molar-refractivity contribution in [3.05, 3.63) is 18.2 Å². The van der Waals surface area contributed by atoms with Gasteiger partial charge in [0.1, 0.15) is 0 Å². The minimum atomic E-state index is -3.57. The van der Waals surface area contributed by atoms with Gasteiger partial charge in [-0.2, -0.15) is 4.31 Å². The first kappa shape index (κ1) is 22.1. The fourth-order valence-electron chi connectivity index (χ4n) is 4.09. The van der Waals surface area contributed by atoms with E-state index in [9.17, 15) is 13.2 Å². The van der Waals surface area contributed by atoms with Gasteiger partial charge >= 0.3 is 0 Å². The topological polar surface area (TPSA) is 74.2 Å². The maximum atomic E-state index is 13.0. The van der Waals surface area contributed by atoms with Gasteiger partial charge in [0.15, 0.2) is 0 Å². The number of benzene rings is 1. The largest absolute Gasteiger partial charge is 0.359 e. The molecule has 1 saturated heterocycles. The van der Waals surface area contributed by atoms with Crippen molar-refractivity contribution in [1.29, 1.82) is 0 Å². The molecule has 8 heteroatoms. The van der Waals surface area contributed by atoms with Crippen LogP contribution in [-0.2, 0) is 14.8 Å². The summed E-state index contributed by atoms with van der Waals surface area (Å²) in [5.74, 6) is 0.0555. The molecule has 1 heterocycles. The Morgan fingerprint density at radius 3 is 2.34 bits per heavy atom. The number of nitrogens with zero attached hydrogens (tertiary/aromatic N) is 2. The molecular formula is C21H35N4O3S+. The van der Waals surface area contributed by atoms with Crippen LogP contribution in [0, 0.1) is 5.92 Å². The Balaban J connectivity index is 1.91. The van der Waals surface area contributed by atoms with Crippen LogP contribution >= 0.6 is 0 Å². The third-order valence-corrected chi connectivity index (χ3v) is 8.40. The van der Waals surface area contributed by atoms with E-state index in [1.165, 1.54) is 4.31 Å². The summed E-state index contributed by atoms with van der Waals surface area (Å²) < 4.78 is 27.4. The molecule has 29 heavy (non-hydrogen) atoms. The van der Waals surface area contributed by atoms with Gasteiger partial charge in [-0.15, -0.1) is 0 Å². The standard InChI is InChI=1S/C21H34N4O3S/c1-4-23-12-14-24(15-13-23)20-11-10-18(29(27,28)25(5-2)6-3)16-19(20)22-21(26)17-8-7-9-17/h10-11,16-17H,4-9,12-15H2,1-3H3,(H,22,26)/p+1. The van der Waals surface area contributed by atoms with Gasteiger partial charge in [-0.25, -0.2) is 8.42 Å². The predicted octanol–water partition coefficient (Wildman–Crippen LogP) is 1.18. The molecule has 0 radical (unpaired) electrons. The molecule has 1 amide bonds. The van der Waals surface area contributed by atoms with Crippen LogP contribution in [0.1, 0.15) is 40.0 Å². The van der Waals surface area contributed by atoms with Crippen molar-refractivity contribution >= 4 is 27.3 Å². The number of rotatable bonds is 8. The lowest BCUT2D eigenvalue weighted by Crippen LogP contribution is -3.14. The summed E-state index contributed by atoms with van der Waals surface area (Å²) in [6, 6.07) is 5.20. The van der Waals surface area contributed by atoms with Crippen molar-refractivity contribution in [3.8, 4) is 0 Å². The third-order valence-electron chi connectivity index (χ3n) is 6.36. The molecule has 2 aliphatic rings. The highest BCUT2D eigenvalue weighted by atomic mass is 32.2. The van der Waals surface area contributed by atoms with Crippen LogP contribution in [0.25, 0.3) is 0 Å². The molecule has 0 bridgehead atoms. The molecule has 0 spiro atoms. The highest BCUT2D eigenvalue weighted by molar-refractivity contribution is 7.89. The second-order valence-electron chi connectivity index (χ2n) is 7.98. The number of hydrogen-bond acceptors (Lipinski definition) is 4. The minimum Gasteiger partial charge on any atom is -0.359 e. The van der Waals surface area contributed by atoms with Gasteiger partial charge in [-0.05, 0) is 38.0 Å². The lowest BCUT2D eigenvalue weighted by atomic mass is 9.85.